The maximum absolute atomic E-state index is 12.7. The van der Waals surface area contributed by atoms with Gasteiger partial charge in [-0.1, -0.05) is 168 Å². The number of aliphatic hydroxyl groups is 4. The number of ether oxygens (including phenoxy) is 2. The Balaban J connectivity index is 2.44. The van der Waals surface area contributed by atoms with Crippen LogP contribution < -0.4 is 0 Å². The van der Waals surface area contributed by atoms with Gasteiger partial charge in [-0.15, -0.1) is 0 Å². The molecule has 5 N–H and O–H groups in total. The second-order valence-corrected chi connectivity index (χ2v) is 16.9. The number of esters is 2. The highest BCUT2D eigenvalue weighted by Gasteiger charge is 2.46. The molecular weight excluding hydrogens is 715 g/mol. The summed E-state index contributed by atoms with van der Waals surface area (Å²) in [5, 5.41) is 40.0. The van der Waals surface area contributed by atoms with E-state index in [4.69, 9.17) is 18.5 Å². The van der Waals surface area contributed by atoms with Gasteiger partial charge in [0.1, 0.15) is 24.9 Å². The lowest BCUT2D eigenvalue weighted by Crippen LogP contribution is -2.56. The van der Waals surface area contributed by atoms with Crippen LogP contribution in [0, 0.1) is 0 Å². The van der Waals surface area contributed by atoms with Crippen LogP contribution >= 0.6 is 7.82 Å². The van der Waals surface area contributed by atoms with Gasteiger partial charge in [0.25, 0.3) is 0 Å². The molecule has 7 atom stereocenters. The van der Waals surface area contributed by atoms with Gasteiger partial charge in [-0.2, -0.15) is 0 Å². The zero-order valence-corrected chi connectivity index (χ0v) is 34.8. The number of aliphatic hydroxyl groups excluding tert-OH is 4. The summed E-state index contributed by atoms with van der Waals surface area (Å²) in [6.45, 7) is 3.42. The van der Waals surface area contributed by atoms with Crippen LogP contribution in [0.4, 0.5) is 0 Å². The third-order valence-corrected chi connectivity index (χ3v) is 11.3. The van der Waals surface area contributed by atoms with Crippen LogP contribution in [-0.2, 0) is 32.7 Å². The summed E-state index contributed by atoms with van der Waals surface area (Å²) >= 11 is 0. The zero-order valence-electron chi connectivity index (χ0n) is 33.9. The van der Waals surface area contributed by atoms with Gasteiger partial charge in [-0.3, -0.25) is 18.6 Å². The van der Waals surface area contributed by atoms with Crippen molar-refractivity contribution in [3.05, 3.63) is 0 Å². The molecule has 0 aromatic carbocycles. The first kappa shape index (κ1) is 50.9. The Morgan fingerprint density at radius 2 is 0.944 bits per heavy atom. The van der Waals surface area contributed by atoms with Crippen LogP contribution in [0.5, 0.6) is 0 Å². The minimum atomic E-state index is -4.97. The summed E-state index contributed by atoms with van der Waals surface area (Å²) in [5.41, 5.74) is 0. The van der Waals surface area contributed by atoms with E-state index in [1.807, 2.05) is 0 Å². The molecule has 54 heavy (non-hydrogen) atoms. The Bertz CT molecular complexity index is 968. The van der Waals surface area contributed by atoms with Crippen molar-refractivity contribution in [3.8, 4) is 0 Å². The molecule has 1 rings (SSSR count). The molecule has 13 heteroatoms. The first-order valence-electron chi connectivity index (χ1n) is 21.7. The quantitative estimate of drug-likeness (QED) is 0.0231. The Morgan fingerprint density at radius 1 is 0.556 bits per heavy atom. The fraction of sp³-hybridized carbons (Fsp3) is 0.951. The summed E-state index contributed by atoms with van der Waals surface area (Å²) < 4.78 is 33.6. The Kier molecular flexibility index (Phi) is 31.0. The lowest BCUT2D eigenvalue weighted by Gasteiger charge is -2.38. The number of phosphoric ester groups is 1. The van der Waals surface area contributed by atoms with Crippen molar-refractivity contribution in [2.45, 2.75) is 237 Å². The average molecular weight is 795 g/mol. The van der Waals surface area contributed by atoms with Crippen LogP contribution in [-0.4, -0.2) is 87.1 Å². The fourth-order valence-electron chi connectivity index (χ4n) is 6.86. The highest BCUT2D eigenvalue weighted by molar-refractivity contribution is 7.47. The van der Waals surface area contributed by atoms with E-state index in [9.17, 15) is 39.5 Å². The lowest BCUT2D eigenvalue weighted by atomic mass is 9.87. The van der Waals surface area contributed by atoms with Crippen molar-refractivity contribution in [1.82, 2.24) is 0 Å². The minimum absolute atomic E-state index is 0.134. The van der Waals surface area contributed by atoms with E-state index in [-0.39, 0.29) is 19.4 Å². The van der Waals surface area contributed by atoms with Crippen molar-refractivity contribution in [2.24, 2.45) is 0 Å². The molecule has 0 aromatic heterocycles. The number of hydrogen-bond donors (Lipinski definition) is 5. The van der Waals surface area contributed by atoms with Gasteiger partial charge in [0.15, 0.2) is 6.10 Å². The van der Waals surface area contributed by atoms with E-state index in [0.29, 0.717) is 12.8 Å². The smallest absolute Gasteiger partial charge is 0.462 e. The first-order chi connectivity index (χ1) is 26.0. The molecule has 0 heterocycles. The third-order valence-electron chi connectivity index (χ3n) is 10.3. The maximum Gasteiger partial charge on any atom is 0.472 e. The molecule has 0 radical (unpaired) electrons. The SMILES string of the molecule is CCCCCCCCCCCCCCCC(=O)OC[C@H](COP(=O)(O)O[C@@H]1[C@@H](O)[C@H](O)[C@@H](O)C[C@@H]1O)OC(=O)CCCCCCCCCCCCCCC. The van der Waals surface area contributed by atoms with Crippen molar-refractivity contribution < 1.29 is 58.0 Å². The van der Waals surface area contributed by atoms with Crippen molar-refractivity contribution >= 4 is 19.8 Å². The monoisotopic (exact) mass is 795 g/mol. The van der Waals surface area contributed by atoms with Gasteiger partial charge in [0.2, 0.25) is 0 Å². The molecule has 1 saturated carbocycles. The van der Waals surface area contributed by atoms with Crippen LogP contribution in [0.2, 0.25) is 0 Å². The number of carbonyl (C=O) groups is 2. The number of rotatable bonds is 36. The summed E-state index contributed by atoms with van der Waals surface area (Å²) in [4.78, 5) is 35.5. The zero-order chi connectivity index (χ0) is 39.9. The van der Waals surface area contributed by atoms with Crippen LogP contribution in [0.25, 0.3) is 0 Å². The molecule has 12 nitrogen and oxygen atoms in total. The van der Waals surface area contributed by atoms with Gasteiger partial charge < -0.3 is 34.8 Å². The molecule has 0 saturated heterocycles. The first-order valence-corrected chi connectivity index (χ1v) is 23.2. The van der Waals surface area contributed by atoms with Gasteiger partial charge in [0, 0.05) is 19.3 Å². The van der Waals surface area contributed by atoms with E-state index < -0.39 is 69.4 Å². The van der Waals surface area contributed by atoms with Gasteiger partial charge >= 0.3 is 19.8 Å². The molecule has 0 bridgehead atoms. The molecule has 0 aliphatic heterocycles. The Morgan fingerprint density at radius 3 is 1.37 bits per heavy atom. The van der Waals surface area contributed by atoms with Crippen molar-refractivity contribution in [1.29, 1.82) is 0 Å². The van der Waals surface area contributed by atoms with E-state index in [1.54, 1.807) is 0 Å². The van der Waals surface area contributed by atoms with Crippen molar-refractivity contribution in [2.75, 3.05) is 13.2 Å². The maximum atomic E-state index is 12.7. The molecule has 1 aliphatic rings. The van der Waals surface area contributed by atoms with E-state index >= 15 is 0 Å². The molecular formula is C41H79O12P. The second kappa shape index (κ2) is 32.9. The third kappa shape index (κ3) is 26.7. The normalized spacial score (nSPS) is 21.8. The highest BCUT2D eigenvalue weighted by atomic mass is 31.2. The molecule has 1 fully saturated rings. The number of unbranched alkanes of at least 4 members (excludes halogenated alkanes) is 24. The molecule has 0 amide bonds. The lowest BCUT2D eigenvalue weighted by molar-refractivity contribution is -0.174. The van der Waals surface area contributed by atoms with Gasteiger partial charge in [0.05, 0.1) is 18.8 Å². The second-order valence-electron chi connectivity index (χ2n) is 15.5. The predicted octanol–water partition coefficient (Wildman–Crippen LogP) is 8.75. The van der Waals surface area contributed by atoms with Crippen LogP contribution in [0.15, 0.2) is 0 Å². The van der Waals surface area contributed by atoms with Crippen molar-refractivity contribution in [3.63, 3.8) is 0 Å². The summed E-state index contributed by atoms with van der Waals surface area (Å²) in [6, 6.07) is 0. The standard InChI is InChI=1S/C41H79O12P/c1-3-5-7-9-11-13-15-17-19-21-23-25-27-29-37(44)50-32-34(33-51-54(48,49)53-41-36(43)31-35(42)39(46)40(41)47)52-38(45)30-28-26-24-22-20-18-16-14-12-10-8-6-4-2/h34-36,39-43,46-47H,3-33H2,1-2H3,(H,48,49)/t34-,35+,36+,39-,40+,41+/m1/s1. The minimum Gasteiger partial charge on any atom is -0.462 e. The fourth-order valence-corrected chi connectivity index (χ4v) is 7.85. The Labute approximate surface area is 327 Å². The van der Waals surface area contributed by atoms with E-state index in [2.05, 4.69) is 13.8 Å². The highest BCUT2D eigenvalue weighted by Crippen LogP contribution is 2.47. The molecule has 0 spiro atoms. The van der Waals surface area contributed by atoms with Gasteiger partial charge in [-0.05, 0) is 12.8 Å². The number of hydrogen-bond acceptors (Lipinski definition) is 11. The number of phosphoric acid groups is 1. The summed E-state index contributed by atoms with van der Waals surface area (Å²) in [6.07, 6.45) is 21.0. The average Bonchev–Trinajstić information content (AvgIpc) is 3.14. The molecule has 0 aromatic rings. The largest absolute Gasteiger partial charge is 0.472 e. The molecule has 320 valence electrons. The molecule has 1 unspecified atom stereocenters. The Hall–Kier alpha value is -1.11. The summed E-state index contributed by atoms with van der Waals surface area (Å²) in [7, 11) is -4.97. The topological polar surface area (TPSA) is 189 Å². The summed E-state index contributed by atoms with van der Waals surface area (Å²) in [5.74, 6) is -1.02. The number of carbonyl (C=O) groups excluding carboxylic acids is 2. The van der Waals surface area contributed by atoms with E-state index in [1.165, 1.54) is 116 Å². The van der Waals surface area contributed by atoms with Gasteiger partial charge in [-0.25, -0.2) is 4.57 Å². The van der Waals surface area contributed by atoms with Crippen LogP contribution in [0.3, 0.4) is 0 Å². The molecule has 1 aliphatic carbocycles. The van der Waals surface area contributed by atoms with Crippen LogP contribution in [0.1, 0.15) is 200 Å². The predicted molar refractivity (Wildman–Crippen MR) is 211 cm³/mol. The van der Waals surface area contributed by atoms with E-state index in [0.717, 1.165) is 38.5 Å².